The summed E-state index contributed by atoms with van der Waals surface area (Å²) in [6.45, 7) is 6.28. The zero-order chi connectivity index (χ0) is 23.0. The van der Waals surface area contributed by atoms with Crippen molar-refractivity contribution in [2.75, 3.05) is 58.4 Å². The molecule has 0 radical (unpaired) electrons. The largest absolute Gasteiger partial charge is 0.469 e. The van der Waals surface area contributed by atoms with Gasteiger partial charge in [0.2, 0.25) is 15.9 Å². The molecule has 1 N–H and O–H groups in total. The molecule has 1 aliphatic rings. The average molecular weight is 476 g/mol. The molecular formula is C20H30ClN3O6S. The summed E-state index contributed by atoms with van der Waals surface area (Å²) in [6, 6.07) is 4.24. The quantitative estimate of drug-likeness (QED) is 0.514. The Bertz CT molecular complexity index is 872. The van der Waals surface area contributed by atoms with E-state index in [0.29, 0.717) is 26.3 Å². The number of ether oxygens (including phenoxy) is 2. The van der Waals surface area contributed by atoms with Crippen LogP contribution in [0.1, 0.15) is 20.3 Å². The number of anilines is 1. The lowest BCUT2D eigenvalue weighted by atomic mass is 10.2. The van der Waals surface area contributed by atoms with Crippen molar-refractivity contribution in [3.05, 3.63) is 23.2 Å². The fourth-order valence-electron chi connectivity index (χ4n) is 3.19. The number of morpholine rings is 1. The first kappa shape index (κ1) is 25.5. The Morgan fingerprint density at radius 1 is 1.29 bits per heavy atom. The maximum Gasteiger partial charge on any atom is 0.306 e. The predicted octanol–water partition coefficient (Wildman–Crippen LogP) is 1.82. The minimum Gasteiger partial charge on any atom is -0.469 e. The van der Waals surface area contributed by atoms with Gasteiger partial charge < -0.3 is 14.8 Å². The van der Waals surface area contributed by atoms with Gasteiger partial charge in [0.25, 0.3) is 0 Å². The SMILES string of the molecule is COC(=O)CCN(CC(=O)Nc1cc(S(=O)(=O)N2CCOCC2)ccc1Cl)CC(C)C. The van der Waals surface area contributed by atoms with E-state index in [1.165, 1.54) is 29.6 Å². The third-order valence-corrected chi connectivity index (χ3v) is 6.89. The molecule has 0 atom stereocenters. The number of nitrogens with zero attached hydrogens (tertiary/aromatic N) is 2. The van der Waals surface area contributed by atoms with Gasteiger partial charge in [-0.15, -0.1) is 0 Å². The van der Waals surface area contributed by atoms with Crippen LogP contribution in [-0.2, 0) is 29.1 Å². The van der Waals surface area contributed by atoms with Crippen LogP contribution in [0.5, 0.6) is 0 Å². The number of carbonyl (C=O) groups is 2. The van der Waals surface area contributed by atoms with E-state index in [-0.39, 0.29) is 59.5 Å². The van der Waals surface area contributed by atoms with Crippen LogP contribution >= 0.6 is 11.6 Å². The van der Waals surface area contributed by atoms with Gasteiger partial charge in [-0.2, -0.15) is 4.31 Å². The summed E-state index contributed by atoms with van der Waals surface area (Å²) in [5.41, 5.74) is 0.221. The van der Waals surface area contributed by atoms with Crippen molar-refractivity contribution in [1.82, 2.24) is 9.21 Å². The molecule has 0 unspecified atom stereocenters. The van der Waals surface area contributed by atoms with E-state index in [4.69, 9.17) is 16.3 Å². The van der Waals surface area contributed by atoms with Crippen LogP contribution in [0.2, 0.25) is 5.02 Å². The van der Waals surface area contributed by atoms with Gasteiger partial charge in [-0.05, 0) is 24.1 Å². The summed E-state index contributed by atoms with van der Waals surface area (Å²) in [7, 11) is -2.39. The summed E-state index contributed by atoms with van der Waals surface area (Å²) >= 11 is 6.20. The van der Waals surface area contributed by atoms with E-state index >= 15 is 0 Å². The summed E-state index contributed by atoms with van der Waals surface area (Å²) in [4.78, 5) is 26.0. The smallest absolute Gasteiger partial charge is 0.306 e. The highest BCUT2D eigenvalue weighted by Crippen LogP contribution is 2.27. The third kappa shape index (κ3) is 7.73. The molecule has 0 aromatic heterocycles. The molecule has 31 heavy (non-hydrogen) atoms. The number of nitrogens with one attached hydrogen (secondary N) is 1. The normalized spacial score (nSPS) is 15.3. The first-order chi connectivity index (χ1) is 14.6. The average Bonchev–Trinajstić information content (AvgIpc) is 2.73. The molecule has 1 heterocycles. The molecule has 11 heteroatoms. The van der Waals surface area contributed by atoms with Crippen LogP contribution in [0.4, 0.5) is 5.69 Å². The van der Waals surface area contributed by atoms with Gasteiger partial charge >= 0.3 is 5.97 Å². The Morgan fingerprint density at radius 2 is 1.97 bits per heavy atom. The third-order valence-electron chi connectivity index (χ3n) is 4.67. The van der Waals surface area contributed by atoms with Gasteiger partial charge in [0.1, 0.15) is 0 Å². The number of sulfonamides is 1. The molecule has 1 aromatic carbocycles. The molecule has 174 valence electrons. The molecule has 1 aliphatic heterocycles. The molecule has 1 fully saturated rings. The van der Waals surface area contributed by atoms with Crippen LogP contribution in [0.3, 0.4) is 0 Å². The van der Waals surface area contributed by atoms with Crippen LogP contribution in [0.25, 0.3) is 0 Å². The van der Waals surface area contributed by atoms with Gasteiger partial charge in [0, 0.05) is 26.2 Å². The lowest BCUT2D eigenvalue weighted by molar-refractivity contribution is -0.141. The Labute approximate surface area is 188 Å². The molecule has 0 aliphatic carbocycles. The van der Waals surface area contributed by atoms with Crippen molar-refractivity contribution in [2.24, 2.45) is 5.92 Å². The highest BCUT2D eigenvalue weighted by molar-refractivity contribution is 7.89. The molecule has 0 bridgehead atoms. The van der Waals surface area contributed by atoms with Gasteiger partial charge in [-0.25, -0.2) is 8.42 Å². The van der Waals surface area contributed by atoms with E-state index in [9.17, 15) is 18.0 Å². The summed E-state index contributed by atoms with van der Waals surface area (Å²) in [5.74, 6) is -0.414. The maximum absolute atomic E-state index is 12.9. The number of carbonyl (C=O) groups excluding carboxylic acids is 2. The van der Waals surface area contributed by atoms with Gasteiger partial charge in [0.15, 0.2) is 0 Å². The number of esters is 1. The van der Waals surface area contributed by atoms with Crippen molar-refractivity contribution in [3.63, 3.8) is 0 Å². The Balaban J connectivity index is 2.10. The minimum absolute atomic E-state index is 0.0337. The van der Waals surface area contributed by atoms with Crippen LogP contribution in [-0.4, -0.2) is 82.5 Å². The van der Waals surface area contributed by atoms with E-state index in [1.54, 1.807) is 0 Å². The molecule has 2 rings (SSSR count). The number of amides is 1. The molecule has 1 aromatic rings. The minimum atomic E-state index is -3.72. The second-order valence-corrected chi connectivity index (χ2v) is 10.0. The molecule has 1 amide bonds. The van der Waals surface area contributed by atoms with Crippen molar-refractivity contribution in [1.29, 1.82) is 0 Å². The first-order valence-corrected chi connectivity index (χ1v) is 11.9. The standard InChI is InChI=1S/C20H30ClN3O6S/c1-15(2)13-23(7-6-20(26)29-3)14-19(25)22-18-12-16(4-5-17(18)21)31(27,28)24-8-10-30-11-9-24/h4-5,12,15H,6-11,13-14H2,1-3H3,(H,22,25). The number of rotatable bonds is 10. The van der Waals surface area contributed by atoms with Gasteiger partial charge in [-0.3, -0.25) is 14.5 Å². The zero-order valence-corrected chi connectivity index (χ0v) is 19.7. The van der Waals surface area contributed by atoms with Gasteiger partial charge in [0.05, 0.1) is 48.9 Å². The lowest BCUT2D eigenvalue weighted by Crippen LogP contribution is -2.40. The molecular weight excluding hydrogens is 446 g/mol. The number of methoxy groups -OCH3 is 1. The molecule has 0 spiro atoms. The van der Waals surface area contributed by atoms with Crippen molar-refractivity contribution in [2.45, 2.75) is 25.2 Å². The predicted molar refractivity (Wildman–Crippen MR) is 118 cm³/mol. The fraction of sp³-hybridized carbons (Fsp3) is 0.600. The topological polar surface area (TPSA) is 105 Å². The Hall–Kier alpha value is -1.72. The highest BCUT2D eigenvalue weighted by Gasteiger charge is 2.27. The van der Waals surface area contributed by atoms with Crippen LogP contribution in [0.15, 0.2) is 23.1 Å². The maximum atomic E-state index is 12.9. The second kappa shape index (κ2) is 11.8. The Morgan fingerprint density at radius 3 is 2.58 bits per heavy atom. The fourth-order valence-corrected chi connectivity index (χ4v) is 4.79. The summed E-state index contributed by atoms with van der Waals surface area (Å²) < 4.78 is 37.0. The highest BCUT2D eigenvalue weighted by atomic mass is 35.5. The van der Waals surface area contributed by atoms with E-state index in [2.05, 4.69) is 10.1 Å². The van der Waals surface area contributed by atoms with Crippen molar-refractivity contribution >= 4 is 39.2 Å². The number of benzene rings is 1. The lowest BCUT2D eigenvalue weighted by Gasteiger charge is -2.26. The number of hydrogen-bond acceptors (Lipinski definition) is 7. The number of hydrogen-bond donors (Lipinski definition) is 1. The molecule has 0 saturated carbocycles. The van der Waals surface area contributed by atoms with Crippen LogP contribution in [0, 0.1) is 5.92 Å². The van der Waals surface area contributed by atoms with Gasteiger partial charge in [-0.1, -0.05) is 25.4 Å². The Kier molecular flexibility index (Phi) is 9.70. The van der Waals surface area contributed by atoms with E-state index in [0.717, 1.165) is 0 Å². The monoisotopic (exact) mass is 475 g/mol. The molecule has 1 saturated heterocycles. The molecule has 9 nitrogen and oxygen atoms in total. The number of halogens is 1. The van der Waals surface area contributed by atoms with Crippen LogP contribution < -0.4 is 5.32 Å². The van der Waals surface area contributed by atoms with Crippen molar-refractivity contribution < 1.29 is 27.5 Å². The second-order valence-electron chi connectivity index (χ2n) is 7.66. The zero-order valence-electron chi connectivity index (χ0n) is 18.1. The first-order valence-electron chi connectivity index (χ1n) is 10.1. The van der Waals surface area contributed by atoms with Crippen molar-refractivity contribution in [3.8, 4) is 0 Å². The summed E-state index contributed by atoms with van der Waals surface area (Å²) in [5, 5.41) is 2.93. The van der Waals surface area contributed by atoms with E-state index in [1.807, 2.05) is 18.7 Å². The van der Waals surface area contributed by atoms with E-state index < -0.39 is 10.0 Å². The summed E-state index contributed by atoms with van der Waals surface area (Å²) in [6.07, 6.45) is 0.171.